The monoisotopic (exact) mass is 320 g/mol. The molecule has 0 saturated heterocycles. The van der Waals surface area contributed by atoms with Gasteiger partial charge in [0.15, 0.2) is 0 Å². The molecule has 0 spiro atoms. The Labute approximate surface area is 141 Å². The van der Waals surface area contributed by atoms with E-state index < -0.39 is 0 Å². The molecule has 2 aliphatic rings. The number of carbonyl (C=O) groups excluding carboxylic acids is 2. The summed E-state index contributed by atoms with van der Waals surface area (Å²) < 4.78 is 0. The Morgan fingerprint density at radius 3 is 2.50 bits per heavy atom. The second-order valence-electron chi connectivity index (χ2n) is 6.57. The quantitative estimate of drug-likeness (QED) is 0.945. The van der Waals surface area contributed by atoms with Gasteiger partial charge in [-0.2, -0.15) is 0 Å². The summed E-state index contributed by atoms with van der Waals surface area (Å²) >= 11 is 0. The normalized spacial score (nSPS) is 16.4. The highest BCUT2D eigenvalue weighted by Crippen LogP contribution is 2.22. The third-order valence-corrected chi connectivity index (χ3v) is 4.70. The highest BCUT2D eigenvalue weighted by molar-refractivity contribution is 5.99. The summed E-state index contributed by atoms with van der Waals surface area (Å²) in [5.41, 5.74) is 3.67. The van der Waals surface area contributed by atoms with Crippen molar-refractivity contribution in [1.29, 1.82) is 0 Å². The Morgan fingerprint density at radius 2 is 1.71 bits per heavy atom. The molecule has 2 aromatic rings. The molecule has 1 aliphatic carbocycles. The first-order valence-corrected chi connectivity index (χ1v) is 8.48. The second-order valence-corrected chi connectivity index (χ2v) is 6.57. The Bertz CT molecular complexity index is 796. The van der Waals surface area contributed by atoms with Crippen molar-refractivity contribution in [2.75, 3.05) is 6.54 Å². The van der Waals surface area contributed by atoms with Crippen LogP contribution in [0.4, 0.5) is 0 Å². The number of amides is 2. The van der Waals surface area contributed by atoms with Gasteiger partial charge in [-0.25, -0.2) is 0 Å². The average Bonchev–Trinajstić information content (AvgIpc) is 3.44. The summed E-state index contributed by atoms with van der Waals surface area (Å²) in [6.07, 6.45) is 2.98. The number of nitrogens with zero attached hydrogens (tertiary/aromatic N) is 1. The predicted octanol–water partition coefficient (Wildman–Crippen LogP) is 2.78. The lowest BCUT2D eigenvalue weighted by molar-refractivity contribution is 0.0734. The molecule has 24 heavy (non-hydrogen) atoms. The third kappa shape index (κ3) is 3.04. The smallest absolute Gasteiger partial charge is 0.254 e. The Balaban J connectivity index is 1.51. The van der Waals surface area contributed by atoms with E-state index in [2.05, 4.69) is 17.4 Å². The zero-order chi connectivity index (χ0) is 16.5. The van der Waals surface area contributed by atoms with E-state index in [0.29, 0.717) is 30.3 Å². The van der Waals surface area contributed by atoms with Gasteiger partial charge in [-0.05, 0) is 48.6 Å². The summed E-state index contributed by atoms with van der Waals surface area (Å²) in [7, 11) is 0. The van der Waals surface area contributed by atoms with Crippen molar-refractivity contribution in [3.05, 3.63) is 70.8 Å². The summed E-state index contributed by atoms with van der Waals surface area (Å²) in [6, 6.07) is 15.6. The van der Waals surface area contributed by atoms with Crippen LogP contribution in [0, 0.1) is 0 Å². The maximum absolute atomic E-state index is 12.8. The maximum Gasteiger partial charge on any atom is 0.254 e. The van der Waals surface area contributed by atoms with Crippen molar-refractivity contribution in [2.45, 2.75) is 31.8 Å². The van der Waals surface area contributed by atoms with E-state index in [1.165, 1.54) is 11.1 Å². The number of rotatable bonds is 3. The van der Waals surface area contributed by atoms with E-state index in [-0.39, 0.29) is 11.8 Å². The molecular formula is C20H20N2O2. The molecule has 1 saturated carbocycles. The topological polar surface area (TPSA) is 49.4 Å². The first kappa shape index (κ1) is 14.9. The molecule has 0 atom stereocenters. The van der Waals surface area contributed by atoms with Crippen LogP contribution in [0.2, 0.25) is 0 Å². The van der Waals surface area contributed by atoms with Crippen LogP contribution in [0.3, 0.4) is 0 Å². The van der Waals surface area contributed by atoms with Crippen molar-refractivity contribution < 1.29 is 9.59 Å². The average molecular weight is 320 g/mol. The fourth-order valence-corrected chi connectivity index (χ4v) is 3.14. The Kier molecular flexibility index (Phi) is 3.81. The zero-order valence-corrected chi connectivity index (χ0v) is 13.5. The van der Waals surface area contributed by atoms with E-state index >= 15 is 0 Å². The van der Waals surface area contributed by atoms with Crippen molar-refractivity contribution in [1.82, 2.24) is 10.2 Å². The van der Waals surface area contributed by atoms with Crippen LogP contribution >= 0.6 is 0 Å². The van der Waals surface area contributed by atoms with E-state index in [0.717, 1.165) is 19.3 Å². The largest absolute Gasteiger partial charge is 0.349 e. The van der Waals surface area contributed by atoms with E-state index in [9.17, 15) is 9.59 Å². The molecular weight excluding hydrogens is 300 g/mol. The van der Waals surface area contributed by atoms with Crippen LogP contribution in [-0.4, -0.2) is 29.3 Å². The molecule has 0 bridgehead atoms. The van der Waals surface area contributed by atoms with Crippen molar-refractivity contribution >= 4 is 11.8 Å². The van der Waals surface area contributed by atoms with Crippen LogP contribution in [-0.2, 0) is 13.0 Å². The number of hydrogen-bond acceptors (Lipinski definition) is 2. The van der Waals surface area contributed by atoms with Crippen LogP contribution in [0.1, 0.15) is 44.7 Å². The SMILES string of the molecule is O=C(NC1CC1)c1cccc(C(=O)N2CCc3ccccc3C2)c1. The Morgan fingerprint density at radius 1 is 0.958 bits per heavy atom. The Hall–Kier alpha value is -2.62. The first-order valence-electron chi connectivity index (χ1n) is 8.48. The molecule has 0 radical (unpaired) electrons. The van der Waals surface area contributed by atoms with Crippen molar-refractivity contribution in [3.63, 3.8) is 0 Å². The lowest BCUT2D eigenvalue weighted by atomic mass is 9.99. The van der Waals surface area contributed by atoms with Gasteiger partial charge in [0.2, 0.25) is 0 Å². The van der Waals surface area contributed by atoms with Gasteiger partial charge in [0.1, 0.15) is 0 Å². The van der Waals surface area contributed by atoms with Gasteiger partial charge in [0.25, 0.3) is 11.8 Å². The summed E-state index contributed by atoms with van der Waals surface area (Å²) in [5.74, 6) is -0.0956. The number of nitrogens with one attached hydrogen (secondary N) is 1. The van der Waals surface area contributed by atoms with Crippen molar-refractivity contribution in [3.8, 4) is 0 Å². The minimum atomic E-state index is -0.0869. The molecule has 1 heterocycles. The molecule has 0 aromatic heterocycles. The lowest BCUT2D eigenvalue weighted by Crippen LogP contribution is -2.36. The lowest BCUT2D eigenvalue weighted by Gasteiger charge is -2.29. The predicted molar refractivity (Wildman–Crippen MR) is 91.8 cm³/mol. The molecule has 4 nitrogen and oxygen atoms in total. The zero-order valence-electron chi connectivity index (χ0n) is 13.5. The maximum atomic E-state index is 12.8. The molecule has 2 aromatic carbocycles. The third-order valence-electron chi connectivity index (χ3n) is 4.70. The van der Waals surface area contributed by atoms with Crippen LogP contribution in [0.5, 0.6) is 0 Å². The van der Waals surface area contributed by atoms with Gasteiger partial charge >= 0.3 is 0 Å². The van der Waals surface area contributed by atoms with Gasteiger partial charge in [-0.3, -0.25) is 9.59 Å². The van der Waals surface area contributed by atoms with Crippen LogP contribution in [0.15, 0.2) is 48.5 Å². The number of carbonyl (C=O) groups is 2. The fraction of sp³-hybridized carbons (Fsp3) is 0.300. The summed E-state index contributed by atoms with van der Waals surface area (Å²) in [4.78, 5) is 26.8. The van der Waals surface area contributed by atoms with Gasteiger partial charge in [-0.1, -0.05) is 30.3 Å². The molecule has 2 amide bonds. The standard InChI is InChI=1S/C20H20N2O2/c23-19(21-18-8-9-18)15-6-3-7-16(12-15)20(24)22-11-10-14-4-1-2-5-17(14)13-22/h1-7,12,18H,8-11,13H2,(H,21,23). The summed E-state index contributed by atoms with van der Waals surface area (Å²) in [5, 5.41) is 2.97. The van der Waals surface area contributed by atoms with Crippen LogP contribution in [0.25, 0.3) is 0 Å². The summed E-state index contributed by atoms with van der Waals surface area (Å²) in [6.45, 7) is 1.35. The molecule has 0 unspecified atom stereocenters. The second kappa shape index (κ2) is 6.11. The van der Waals surface area contributed by atoms with E-state index in [1.807, 2.05) is 17.0 Å². The van der Waals surface area contributed by atoms with Crippen molar-refractivity contribution in [2.24, 2.45) is 0 Å². The molecule has 4 heteroatoms. The molecule has 1 fully saturated rings. The van der Waals surface area contributed by atoms with Gasteiger partial charge < -0.3 is 10.2 Å². The molecule has 1 aliphatic heterocycles. The van der Waals surface area contributed by atoms with Gasteiger partial charge in [0.05, 0.1) is 0 Å². The molecule has 4 rings (SSSR count). The van der Waals surface area contributed by atoms with E-state index in [4.69, 9.17) is 0 Å². The molecule has 1 N–H and O–H groups in total. The highest BCUT2D eigenvalue weighted by atomic mass is 16.2. The van der Waals surface area contributed by atoms with Crippen LogP contribution < -0.4 is 5.32 Å². The van der Waals surface area contributed by atoms with E-state index in [1.54, 1.807) is 24.3 Å². The minimum absolute atomic E-state index is 0.00873. The molecule has 122 valence electrons. The number of hydrogen-bond donors (Lipinski definition) is 1. The minimum Gasteiger partial charge on any atom is -0.349 e. The van der Waals surface area contributed by atoms with Gasteiger partial charge in [0, 0.05) is 30.3 Å². The first-order chi connectivity index (χ1) is 11.7. The number of fused-ring (bicyclic) bond motifs is 1. The number of benzene rings is 2. The fourth-order valence-electron chi connectivity index (χ4n) is 3.14. The highest BCUT2D eigenvalue weighted by Gasteiger charge is 2.25. The van der Waals surface area contributed by atoms with Gasteiger partial charge in [-0.15, -0.1) is 0 Å².